The molecular weight excluding hydrogens is 632 g/mol. The van der Waals surface area contributed by atoms with Crippen molar-refractivity contribution in [3.8, 4) is 11.4 Å². The first-order chi connectivity index (χ1) is 23.7. The van der Waals surface area contributed by atoms with Crippen LogP contribution in [0, 0.1) is 0 Å². The third kappa shape index (κ3) is 9.03. The van der Waals surface area contributed by atoms with Crippen molar-refractivity contribution in [3.05, 3.63) is 77.9 Å². The number of hydrogen-bond acceptors (Lipinski definition) is 8. The van der Waals surface area contributed by atoms with Crippen LogP contribution in [0.1, 0.15) is 54.4 Å². The maximum Gasteiger partial charge on any atom is 0.303 e. The van der Waals surface area contributed by atoms with Gasteiger partial charge in [-0.2, -0.15) is 5.21 Å². The first-order valence-electron chi connectivity index (χ1n) is 15.8. The number of fused-ring (bicyclic) bond motifs is 3. The molecule has 49 heavy (non-hydrogen) atoms. The van der Waals surface area contributed by atoms with Crippen molar-refractivity contribution >= 4 is 51.5 Å². The van der Waals surface area contributed by atoms with E-state index in [-0.39, 0.29) is 57.5 Å². The lowest BCUT2D eigenvalue weighted by Crippen LogP contribution is -2.47. The number of H-pyrrole nitrogens is 1. The second-order valence-electron chi connectivity index (χ2n) is 11.5. The highest BCUT2D eigenvalue weighted by atomic mass is 16.4. The molecular formula is C34H36N8O7. The predicted octanol–water partition coefficient (Wildman–Crippen LogP) is 2.86. The monoisotopic (exact) mass is 668 g/mol. The number of rotatable bonds is 17. The Morgan fingerprint density at radius 1 is 0.796 bits per heavy atom. The quantitative estimate of drug-likeness (QED) is 0.0795. The normalized spacial score (nSPS) is 11.7. The number of aromatic nitrogens is 5. The van der Waals surface area contributed by atoms with Crippen LogP contribution in [0.25, 0.3) is 33.2 Å². The van der Waals surface area contributed by atoms with Gasteiger partial charge in [0.1, 0.15) is 6.04 Å². The number of carbonyl (C=O) groups is 5. The highest BCUT2D eigenvalue weighted by Gasteiger charge is 2.23. The van der Waals surface area contributed by atoms with Crippen molar-refractivity contribution in [1.29, 1.82) is 0 Å². The van der Waals surface area contributed by atoms with Crippen molar-refractivity contribution in [2.24, 2.45) is 0 Å². The lowest BCUT2D eigenvalue weighted by Gasteiger charge is -2.19. The van der Waals surface area contributed by atoms with Crippen LogP contribution in [0.5, 0.6) is 0 Å². The number of tetrazole rings is 1. The van der Waals surface area contributed by atoms with Crippen LogP contribution < -0.4 is 16.0 Å². The molecule has 3 amide bonds. The van der Waals surface area contributed by atoms with Gasteiger partial charge in [-0.25, -0.2) is 0 Å². The first-order valence-corrected chi connectivity index (χ1v) is 15.8. The van der Waals surface area contributed by atoms with Crippen LogP contribution >= 0.6 is 0 Å². The Morgan fingerprint density at radius 2 is 1.49 bits per heavy atom. The molecule has 6 N–H and O–H groups in total. The van der Waals surface area contributed by atoms with Crippen LogP contribution in [0.15, 0.2) is 66.7 Å². The molecule has 5 rings (SSSR count). The summed E-state index contributed by atoms with van der Waals surface area (Å²) >= 11 is 0. The van der Waals surface area contributed by atoms with Gasteiger partial charge in [0.15, 0.2) is 0 Å². The zero-order valence-corrected chi connectivity index (χ0v) is 26.5. The van der Waals surface area contributed by atoms with Crippen LogP contribution in [0.3, 0.4) is 0 Å². The van der Waals surface area contributed by atoms with Crippen LogP contribution in [-0.4, -0.2) is 84.2 Å². The van der Waals surface area contributed by atoms with E-state index in [4.69, 9.17) is 10.2 Å². The number of aromatic amines is 1. The van der Waals surface area contributed by atoms with Gasteiger partial charge in [0.05, 0.1) is 0 Å². The number of para-hydroxylation sites is 1. The minimum atomic E-state index is -1.06. The summed E-state index contributed by atoms with van der Waals surface area (Å²) in [4.78, 5) is 60.1. The molecule has 0 saturated heterocycles. The maximum atomic E-state index is 13.3. The molecule has 0 fully saturated rings. The Balaban J connectivity index is 1.26. The molecule has 2 aromatic heterocycles. The summed E-state index contributed by atoms with van der Waals surface area (Å²) in [6.45, 7) is 0.789. The van der Waals surface area contributed by atoms with Gasteiger partial charge >= 0.3 is 11.9 Å². The highest BCUT2D eigenvalue weighted by Crippen LogP contribution is 2.32. The number of aliphatic carboxylic acids is 2. The lowest BCUT2D eigenvalue weighted by atomic mass is 10.1. The van der Waals surface area contributed by atoms with E-state index in [2.05, 4.69) is 47.2 Å². The fraction of sp³-hybridized carbons (Fsp3) is 0.294. The lowest BCUT2D eigenvalue weighted by molar-refractivity contribution is -0.138. The summed E-state index contributed by atoms with van der Waals surface area (Å²) in [7, 11) is 0. The van der Waals surface area contributed by atoms with Crippen molar-refractivity contribution < 1.29 is 34.2 Å². The Bertz CT molecular complexity index is 1950. The van der Waals surface area contributed by atoms with Crippen LogP contribution in [-0.2, 0) is 25.7 Å². The molecule has 5 aromatic rings. The molecule has 0 aliphatic heterocycles. The molecule has 2 heterocycles. The van der Waals surface area contributed by atoms with E-state index in [0.29, 0.717) is 17.9 Å². The highest BCUT2D eigenvalue weighted by molar-refractivity contribution is 6.09. The number of nitrogens with one attached hydrogen (secondary N) is 4. The van der Waals surface area contributed by atoms with Gasteiger partial charge in [-0.05, 0) is 66.4 Å². The second-order valence-corrected chi connectivity index (χ2v) is 11.5. The number of benzene rings is 3. The molecule has 0 spiro atoms. The van der Waals surface area contributed by atoms with Gasteiger partial charge in [-0.3, -0.25) is 24.0 Å². The Kier molecular flexibility index (Phi) is 11.3. The van der Waals surface area contributed by atoms with Crippen molar-refractivity contribution in [3.63, 3.8) is 0 Å². The van der Waals surface area contributed by atoms with Gasteiger partial charge in [0.25, 0.3) is 5.91 Å². The molecule has 0 unspecified atom stereocenters. The molecule has 0 bridgehead atoms. The van der Waals surface area contributed by atoms with E-state index in [1.54, 1.807) is 12.1 Å². The zero-order valence-electron chi connectivity index (χ0n) is 26.5. The second kappa shape index (κ2) is 16.1. The predicted molar refractivity (Wildman–Crippen MR) is 178 cm³/mol. The number of hydrogen-bond donors (Lipinski definition) is 6. The molecule has 254 valence electrons. The third-order valence-electron chi connectivity index (χ3n) is 7.97. The molecule has 3 aromatic carbocycles. The van der Waals surface area contributed by atoms with E-state index in [0.717, 1.165) is 32.9 Å². The molecule has 0 radical (unpaired) electrons. The number of amides is 3. The zero-order chi connectivity index (χ0) is 34.8. The van der Waals surface area contributed by atoms with Gasteiger partial charge in [0, 0.05) is 71.8 Å². The minimum absolute atomic E-state index is 0.0123. The van der Waals surface area contributed by atoms with Gasteiger partial charge in [-0.15, -0.1) is 10.2 Å². The van der Waals surface area contributed by atoms with E-state index in [1.807, 2.05) is 48.5 Å². The van der Waals surface area contributed by atoms with E-state index in [9.17, 15) is 24.0 Å². The minimum Gasteiger partial charge on any atom is -0.481 e. The summed E-state index contributed by atoms with van der Waals surface area (Å²) in [6.07, 6.45) is 0.160. The maximum absolute atomic E-state index is 13.3. The fourth-order valence-electron chi connectivity index (χ4n) is 5.51. The van der Waals surface area contributed by atoms with Crippen molar-refractivity contribution in [2.75, 3.05) is 13.1 Å². The summed E-state index contributed by atoms with van der Waals surface area (Å²) < 4.78 is 2.19. The average molecular weight is 669 g/mol. The van der Waals surface area contributed by atoms with Gasteiger partial charge < -0.3 is 30.7 Å². The number of carbonyl (C=O) groups excluding carboxylic acids is 3. The number of carboxylic acid groups (broad SMARTS) is 2. The van der Waals surface area contributed by atoms with Crippen LogP contribution in [0.4, 0.5) is 0 Å². The van der Waals surface area contributed by atoms with E-state index >= 15 is 0 Å². The Labute approximate surface area is 280 Å². The average Bonchev–Trinajstić information content (AvgIpc) is 3.74. The largest absolute Gasteiger partial charge is 0.481 e. The standard InChI is InChI=1S/C34H36N8O7/c43-29(35-17-3-7-30(44)45)16-14-26(34(49)36-18-4-8-31(46)47)37-33(48)22-11-9-21(10-12-22)20-42-27-6-2-1-5-24(27)25-19-23(13-15-28(25)42)32-38-40-41-39-32/h1-2,5-6,9-13,15,19,26H,3-4,7-8,14,16-18,20H2,(H,35,43)(H,36,49)(H,37,48)(H,44,45)(H,46,47)(H,38,39,40,41)/t26-/m0/s1. The molecule has 15 heteroatoms. The van der Waals surface area contributed by atoms with Crippen molar-refractivity contribution in [1.82, 2.24) is 41.1 Å². The topological polar surface area (TPSA) is 221 Å². The number of nitrogens with zero attached hydrogens (tertiary/aromatic N) is 4. The van der Waals surface area contributed by atoms with E-state index < -0.39 is 29.8 Å². The summed E-state index contributed by atoms with van der Waals surface area (Å²) in [6, 6.07) is 20.0. The first kappa shape index (κ1) is 34.2. The van der Waals surface area contributed by atoms with Crippen LogP contribution in [0.2, 0.25) is 0 Å². The fourth-order valence-corrected chi connectivity index (χ4v) is 5.51. The van der Waals surface area contributed by atoms with Gasteiger partial charge in [0.2, 0.25) is 17.6 Å². The summed E-state index contributed by atoms with van der Waals surface area (Å²) in [5, 5.41) is 42.0. The Morgan fingerprint density at radius 3 is 2.18 bits per heavy atom. The Hall–Kier alpha value is -6.12. The molecule has 0 saturated carbocycles. The summed E-state index contributed by atoms with van der Waals surface area (Å²) in [5.74, 6) is -2.89. The molecule has 0 aliphatic carbocycles. The number of carboxylic acids is 2. The van der Waals surface area contributed by atoms with Gasteiger partial charge in [-0.1, -0.05) is 30.3 Å². The smallest absolute Gasteiger partial charge is 0.303 e. The molecule has 15 nitrogen and oxygen atoms in total. The summed E-state index contributed by atoms with van der Waals surface area (Å²) in [5.41, 5.74) is 4.14. The van der Waals surface area contributed by atoms with E-state index in [1.165, 1.54) is 0 Å². The molecule has 0 aliphatic rings. The molecule has 1 atom stereocenters. The van der Waals surface area contributed by atoms with Crippen molar-refractivity contribution in [2.45, 2.75) is 51.1 Å². The third-order valence-corrected chi connectivity index (χ3v) is 7.97. The SMILES string of the molecule is O=C(O)CCCNC(=O)CC[C@H](NC(=O)c1ccc(Cn2c3ccccc3c3cc(-c4nn[nH]n4)ccc32)cc1)C(=O)NCCCC(=O)O.